The van der Waals surface area contributed by atoms with E-state index in [0.29, 0.717) is 63.7 Å². The third kappa shape index (κ3) is 8.46. The number of esters is 2. The molecular weight excluding hydrogens is 588 g/mol. The molecule has 0 aliphatic carbocycles. The van der Waals surface area contributed by atoms with E-state index in [1.54, 1.807) is 34.6 Å². The molecule has 0 aliphatic rings. The second-order valence-electron chi connectivity index (χ2n) is 12.7. The molecule has 0 aliphatic heterocycles. The van der Waals surface area contributed by atoms with Crippen molar-refractivity contribution in [1.29, 1.82) is 0 Å². The quantitative estimate of drug-likeness (QED) is 0.171. The van der Waals surface area contributed by atoms with E-state index in [0.717, 1.165) is 0 Å². The van der Waals surface area contributed by atoms with Crippen LogP contribution in [0.5, 0.6) is 0 Å². The molecule has 2 aromatic heterocycles. The highest BCUT2D eigenvalue weighted by Gasteiger charge is 2.38. The summed E-state index contributed by atoms with van der Waals surface area (Å²) < 4.78 is 24.4. The van der Waals surface area contributed by atoms with Crippen LogP contribution in [0.1, 0.15) is 138 Å². The molecule has 0 radical (unpaired) electrons. The van der Waals surface area contributed by atoms with Crippen LogP contribution in [0.15, 0.2) is 30.1 Å². The maximum atomic E-state index is 13.3. The minimum Gasteiger partial charge on any atom is -0.465 e. The average molecular weight is 643 g/mol. The van der Waals surface area contributed by atoms with Gasteiger partial charge in [0.15, 0.2) is 10.9 Å². The highest BCUT2D eigenvalue weighted by molar-refractivity contribution is 5.69. The predicted octanol–water partition coefficient (Wildman–Crippen LogP) is 7.01. The summed E-state index contributed by atoms with van der Waals surface area (Å²) in [6.07, 6.45) is 0.759. The van der Waals surface area contributed by atoms with Crippen LogP contribution in [-0.2, 0) is 25.5 Å². The van der Waals surface area contributed by atoms with E-state index >= 15 is 0 Å². The molecule has 2 aromatic rings. The first-order valence-corrected chi connectivity index (χ1v) is 16.4. The molecule has 2 heterocycles. The van der Waals surface area contributed by atoms with Gasteiger partial charge in [-0.15, -0.1) is 0 Å². The van der Waals surface area contributed by atoms with E-state index in [9.17, 15) is 24.3 Å². The Bertz CT molecular complexity index is 1540. The number of allylic oxidation sites excluding steroid dienone is 1. The number of ether oxygens (including phenoxy) is 2. The lowest BCUT2D eigenvalue weighted by atomic mass is 9.83. The first-order valence-electron chi connectivity index (χ1n) is 16.4. The number of hydrogen-bond donors (Lipinski definition) is 1. The van der Waals surface area contributed by atoms with E-state index in [-0.39, 0.29) is 23.2 Å². The molecule has 2 rings (SSSR count). The SMILES string of the molecule is CCC(=O)O[C@@H](C(C)=C[C@H](C)c1oc([C@@H](C)[C@@H](O)CC)c(C)c(=O)c1C)[C@H](C)[C@@H](OC(C)=O)[C@@H](C)c1oc(CC)c(C)c(=O)c1C. The zero-order chi connectivity index (χ0) is 35.2. The summed E-state index contributed by atoms with van der Waals surface area (Å²) in [4.78, 5) is 51.5. The zero-order valence-electron chi connectivity index (χ0n) is 30.0. The van der Waals surface area contributed by atoms with Crippen molar-refractivity contribution >= 4 is 11.9 Å². The van der Waals surface area contributed by atoms with E-state index in [4.69, 9.17) is 18.3 Å². The summed E-state index contributed by atoms with van der Waals surface area (Å²) in [7, 11) is 0. The van der Waals surface area contributed by atoms with Crippen LogP contribution in [0.2, 0.25) is 0 Å². The molecule has 0 fully saturated rings. The molecule has 1 N–H and O–H groups in total. The topological polar surface area (TPSA) is 133 Å². The largest absolute Gasteiger partial charge is 0.465 e. The monoisotopic (exact) mass is 642 g/mol. The molecule has 9 nitrogen and oxygen atoms in total. The van der Waals surface area contributed by atoms with E-state index in [1.165, 1.54) is 6.92 Å². The predicted molar refractivity (Wildman–Crippen MR) is 178 cm³/mol. The lowest BCUT2D eigenvalue weighted by Crippen LogP contribution is -2.40. The number of rotatable bonds is 14. The van der Waals surface area contributed by atoms with Crippen LogP contribution >= 0.6 is 0 Å². The maximum Gasteiger partial charge on any atom is 0.306 e. The third-order valence-electron chi connectivity index (χ3n) is 9.20. The molecule has 9 heteroatoms. The number of aryl methyl sites for hydroxylation is 1. The fraction of sp³-hybridized carbons (Fsp3) is 0.622. The Labute approximate surface area is 273 Å². The minimum absolute atomic E-state index is 0.117. The van der Waals surface area contributed by atoms with Gasteiger partial charge in [0.2, 0.25) is 0 Å². The van der Waals surface area contributed by atoms with E-state index in [1.807, 2.05) is 54.5 Å². The van der Waals surface area contributed by atoms with Crippen LogP contribution < -0.4 is 10.9 Å². The second kappa shape index (κ2) is 16.4. The van der Waals surface area contributed by atoms with Crippen LogP contribution in [0.4, 0.5) is 0 Å². The number of carbonyl (C=O) groups excluding carboxylic acids is 2. The number of hydrogen-bond acceptors (Lipinski definition) is 9. The van der Waals surface area contributed by atoms with Crippen molar-refractivity contribution < 1.29 is 33.0 Å². The van der Waals surface area contributed by atoms with Gasteiger partial charge in [0.25, 0.3) is 0 Å². The van der Waals surface area contributed by atoms with Gasteiger partial charge in [0.05, 0.1) is 12.0 Å². The zero-order valence-corrected chi connectivity index (χ0v) is 30.0. The van der Waals surface area contributed by atoms with Gasteiger partial charge in [-0.3, -0.25) is 19.2 Å². The molecule has 256 valence electrons. The maximum absolute atomic E-state index is 13.3. The molecule has 0 saturated carbocycles. The van der Waals surface area contributed by atoms with Crippen molar-refractivity contribution in [2.24, 2.45) is 5.92 Å². The highest BCUT2D eigenvalue weighted by atomic mass is 16.6. The fourth-order valence-electron chi connectivity index (χ4n) is 6.33. The van der Waals surface area contributed by atoms with Crippen molar-refractivity contribution in [2.75, 3.05) is 0 Å². The van der Waals surface area contributed by atoms with E-state index in [2.05, 4.69) is 0 Å². The number of carbonyl (C=O) groups is 2. The highest BCUT2D eigenvalue weighted by Crippen LogP contribution is 2.35. The van der Waals surface area contributed by atoms with E-state index < -0.39 is 48.0 Å². The first kappa shape index (κ1) is 38.7. The van der Waals surface area contributed by atoms with Gasteiger partial charge < -0.3 is 23.4 Å². The van der Waals surface area contributed by atoms with Crippen molar-refractivity contribution in [2.45, 2.75) is 145 Å². The summed E-state index contributed by atoms with van der Waals surface area (Å²) in [5.74, 6) is -0.926. The Morgan fingerprint density at radius 3 is 1.80 bits per heavy atom. The molecule has 0 amide bonds. The molecule has 0 saturated heterocycles. The van der Waals surface area contributed by atoms with Gasteiger partial charge >= 0.3 is 11.9 Å². The summed E-state index contributed by atoms with van der Waals surface area (Å²) in [6, 6.07) is 0. The molecule has 0 unspecified atom stereocenters. The van der Waals surface area contributed by atoms with Crippen LogP contribution in [0, 0.1) is 33.6 Å². The first-order chi connectivity index (χ1) is 21.4. The summed E-state index contributed by atoms with van der Waals surface area (Å²) >= 11 is 0. The van der Waals surface area contributed by atoms with Gasteiger partial charge in [-0.05, 0) is 46.6 Å². The third-order valence-corrected chi connectivity index (χ3v) is 9.20. The molecule has 0 bridgehead atoms. The smallest absolute Gasteiger partial charge is 0.306 e. The number of aliphatic hydroxyl groups is 1. The Kier molecular flexibility index (Phi) is 13.8. The second-order valence-corrected chi connectivity index (χ2v) is 12.7. The average Bonchev–Trinajstić information content (AvgIpc) is 3.02. The standard InChI is InChI=1S/C37H54O9/c1-14-28(39)20(6)35-24(10)32(42)22(8)33(46-35)18(4)17-19(5)34(45-30(40)16-3)25(11)37(43-27(13)38)26(12)36-23(9)31(41)21(7)29(15-2)44-36/h17-18,20,25-26,28,34,37,39H,14-16H2,1-13H3/t18-,20-,25-,26-,28-,34-,37+/m0/s1. The lowest BCUT2D eigenvalue weighted by molar-refractivity contribution is -0.158. The summed E-state index contributed by atoms with van der Waals surface area (Å²) in [5.41, 5.74) is 2.35. The van der Waals surface area contributed by atoms with Crippen LogP contribution in [0.3, 0.4) is 0 Å². The normalized spacial score (nSPS) is 16.6. The molecule has 0 aromatic carbocycles. The molecule has 7 atom stereocenters. The Balaban J connectivity index is 2.68. The summed E-state index contributed by atoms with van der Waals surface area (Å²) in [6.45, 7) is 22.9. The van der Waals surface area contributed by atoms with Gasteiger partial charge in [-0.25, -0.2) is 0 Å². The fourth-order valence-corrected chi connectivity index (χ4v) is 6.33. The molecular formula is C37H54O9. The molecule has 46 heavy (non-hydrogen) atoms. The van der Waals surface area contributed by atoms with Gasteiger partial charge in [-0.1, -0.05) is 54.5 Å². The lowest BCUT2D eigenvalue weighted by Gasteiger charge is -2.34. The van der Waals surface area contributed by atoms with Crippen molar-refractivity contribution in [1.82, 2.24) is 0 Å². The molecule has 0 spiro atoms. The number of aliphatic hydroxyl groups excluding tert-OH is 1. The Morgan fingerprint density at radius 1 is 0.783 bits per heavy atom. The van der Waals surface area contributed by atoms with Crippen molar-refractivity contribution in [3.8, 4) is 0 Å². The summed E-state index contributed by atoms with van der Waals surface area (Å²) in [5, 5.41) is 10.5. The van der Waals surface area contributed by atoms with Crippen molar-refractivity contribution in [3.63, 3.8) is 0 Å². The van der Waals surface area contributed by atoms with Gasteiger partial charge in [0.1, 0.15) is 35.2 Å². The van der Waals surface area contributed by atoms with Crippen LogP contribution in [0.25, 0.3) is 0 Å². The van der Waals surface area contributed by atoms with Crippen LogP contribution in [-0.4, -0.2) is 35.4 Å². The Hall–Kier alpha value is -3.46. The van der Waals surface area contributed by atoms with Gasteiger partial charge in [0, 0.05) is 59.8 Å². The van der Waals surface area contributed by atoms with Gasteiger partial charge in [-0.2, -0.15) is 0 Å². The van der Waals surface area contributed by atoms with Crippen molar-refractivity contribution in [3.05, 3.63) is 77.4 Å². The minimum atomic E-state index is -0.817. The Morgan fingerprint density at radius 2 is 1.30 bits per heavy atom.